The highest BCUT2D eigenvalue weighted by Crippen LogP contribution is 2.41. The van der Waals surface area contributed by atoms with Crippen LogP contribution in [-0.2, 0) is 11.2 Å². The van der Waals surface area contributed by atoms with E-state index < -0.39 is 36.1 Å². The van der Waals surface area contributed by atoms with Gasteiger partial charge in [-0.1, -0.05) is 60.7 Å². The first kappa shape index (κ1) is 28.0. The minimum Gasteiger partial charge on any atom is -0.480 e. The second-order valence-electron chi connectivity index (χ2n) is 8.86. The zero-order valence-electron chi connectivity index (χ0n) is 20.8. The molecule has 7 N–H and O–H groups in total. The van der Waals surface area contributed by atoms with Crippen LogP contribution in [0.2, 0.25) is 0 Å². The van der Waals surface area contributed by atoms with Crippen molar-refractivity contribution in [2.24, 2.45) is 11.5 Å². The number of carbonyl (C=O) groups is 2. The summed E-state index contributed by atoms with van der Waals surface area (Å²) < 4.78 is 48.5. The molecule has 0 fully saturated rings. The molecular weight excluding hydrogens is 527 g/mol. The van der Waals surface area contributed by atoms with Gasteiger partial charge in [0.2, 0.25) is 23.8 Å². The van der Waals surface area contributed by atoms with E-state index in [1.165, 1.54) is 48.5 Å². The standard InChI is InChI=1S/C28H24F3N5O4/c29-28(30,31)24(20-4-2-1-3-19(20)16-9-11-18(12-10-16)25(33)37)40-23-14-22(35-27(34)36-23)17-7-5-15(6-8-17)13-21(32)26(38)39/h1-12,14,21,24H,13,32H2,(H2,33,37)(H,38,39)(H2,34,35,36)/t21-,24?/m0/s1. The molecule has 0 bridgehead atoms. The highest BCUT2D eigenvalue weighted by molar-refractivity contribution is 5.93. The molecule has 0 aliphatic heterocycles. The second-order valence-corrected chi connectivity index (χ2v) is 8.86. The Morgan fingerprint density at radius 2 is 1.55 bits per heavy atom. The number of halogens is 3. The number of amides is 1. The van der Waals surface area contributed by atoms with E-state index in [4.69, 9.17) is 27.0 Å². The fourth-order valence-electron chi connectivity index (χ4n) is 4.03. The number of hydrogen-bond donors (Lipinski definition) is 4. The van der Waals surface area contributed by atoms with Crippen LogP contribution in [0.15, 0.2) is 78.9 Å². The van der Waals surface area contributed by atoms with Gasteiger partial charge in [-0.3, -0.25) is 9.59 Å². The van der Waals surface area contributed by atoms with E-state index in [2.05, 4.69) is 9.97 Å². The largest absolute Gasteiger partial charge is 0.480 e. The predicted molar refractivity (Wildman–Crippen MR) is 141 cm³/mol. The van der Waals surface area contributed by atoms with Crippen LogP contribution in [0.1, 0.15) is 27.6 Å². The number of aromatic nitrogens is 2. The Morgan fingerprint density at radius 3 is 2.15 bits per heavy atom. The first-order chi connectivity index (χ1) is 18.9. The van der Waals surface area contributed by atoms with E-state index >= 15 is 0 Å². The number of anilines is 1. The van der Waals surface area contributed by atoms with E-state index in [0.717, 1.165) is 0 Å². The summed E-state index contributed by atoms with van der Waals surface area (Å²) in [5, 5.41) is 8.99. The quantitative estimate of drug-likeness (QED) is 0.241. The number of carbonyl (C=O) groups excluding carboxylic acids is 1. The Bertz CT molecular complexity index is 1530. The van der Waals surface area contributed by atoms with Gasteiger partial charge in [-0.15, -0.1) is 0 Å². The highest BCUT2D eigenvalue weighted by Gasteiger charge is 2.44. The first-order valence-electron chi connectivity index (χ1n) is 11.9. The molecule has 1 unspecified atom stereocenters. The maximum absolute atomic E-state index is 14.4. The van der Waals surface area contributed by atoms with Gasteiger partial charge in [-0.2, -0.15) is 18.2 Å². The molecule has 2 atom stereocenters. The monoisotopic (exact) mass is 551 g/mol. The van der Waals surface area contributed by atoms with Crippen molar-refractivity contribution in [2.75, 3.05) is 5.73 Å². The molecule has 9 nitrogen and oxygen atoms in total. The molecule has 0 saturated heterocycles. The number of aliphatic carboxylic acids is 1. The second kappa shape index (κ2) is 11.4. The molecule has 0 aliphatic rings. The van der Waals surface area contributed by atoms with Crippen molar-refractivity contribution >= 4 is 17.8 Å². The van der Waals surface area contributed by atoms with E-state index in [-0.39, 0.29) is 34.8 Å². The Labute approximate surface area is 226 Å². The average molecular weight is 552 g/mol. The number of benzene rings is 3. The van der Waals surface area contributed by atoms with Crippen molar-refractivity contribution in [1.29, 1.82) is 0 Å². The molecule has 40 heavy (non-hydrogen) atoms. The predicted octanol–water partition coefficient (Wildman–Crippen LogP) is 4.13. The number of ether oxygens (including phenoxy) is 1. The number of alkyl halides is 3. The summed E-state index contributed by atoms with van der Waals surface area (Å²) in [7, 11) is 0. The van der Waals surface area contributed by atoms with E-state index in [1.54, 1.807) is 30.3 Å². The maximum Gasteiger partial charge on any atom is 0.429 e. The van der Waals surface area contributed by atoms with Crippen LogP contribution >= 0.6 is 0 Å². The molecule has 0 saturated carbocycles. The smallest absolute Gasteiger partial charge is 0.429 e. The Morgan fingerprint density at radius 1 is 0.925 bits per heavy atom. The van der Waals surface area contributed by atoms with E-state index in [0.29, 0.717) is 16.7 Å². The molecule has 0 aliphatic carbocycles. The minimum atomic E-state index is -4.84. The lowest BCUT2D eigenvalue weighted by Crippen LogP contribution is -2.32. The van der Waals surface area contributed by atoms with Gasteiger partial charge >= 0.3 is 12.1 Å². The summed E-state index contributed by atoms with van der Waals surface area (Å²) in [6.07, 6.45) is -7.16. The fraction of sp³-hybridized carbons (Fsp3) is 0.143. The first-order valence-corrected chi connectivity index (χ1v) is 11.9. The zero-order valence-corrected chi connectivity index (χ0v) is 20.8. The topological polar surface area (TPSA) is 167 Å². The molecule has 1 heterocycles. The zero-order chi connectivity index (χ0) is 29.0. The van der Waals surface area contributed by atoms with Crippen molar-refractivity contribution in [2.45, 2.75) is 24.7 Å². The number of primary amides is 1. The summed E-state index contributed by atoms with van der Waals surface area (Å²) in [4.78, 5) is 30.4. The molecule has 206 valence electrons. The number of nitrogen functional groups attached to an aromatic ring is 1. The van der Waals surface area contributed by atoms with Crippen molar-refractivity contribution in [3.05, 3.63) is 95.6 Å². The van der Waals surface area contributed by atoms with Gasteiger partial charge < -0.3 is 27.0 Å². The molecule has 1 amide bonds. The van der Waals surface area contributed by atoms with Gasteiger partial charge in [-0.05, 0) is 35.2 Å². The van der Waals surface area contributed by atoms with Gasteiger partial charge in [0, 0.05) is 22.8 Å². The van der Waals surface area contributed by atoms with Crippen LogP contribution in [0.25, 0.3) is 22.4 Å². The van der Waals surface area contributed by atoms with Crippen LogP contribution in [-0.4, -0.2) is 39.2 Å². The number of hydrogen-bond acceptors (Lipinski definition) is 7. The van der Waals surface area contributed by atoms with Crippen molar-refractivity contribution in [1.82, 2.24) is 9.97 Å². The molecule has 12 heteroatoms. The van der Waals surface area contributed by atoms with Crippen molar-refractivity contribution < 1.29 is 32.6 Å². The Kier molecular flexibility index (Phi) is 8.00. The number of carboxylic acids is 1. The summed E-state index contributed by atoms with van der Waals surface area (Å²) in [6, 6.07) is 18.3. The number of carboxylic acid groups (broad SMARTS) is 1. The summed E-state index contributed by atoms with van der Waals surface area (Å²) >= 11 is 0. The molecule has 4 aromatic rings. The summed E-state index contributed by atoms with van der Waals surface area (Å²) in [6.45, 7) is 0. The van der Waals surface area contributed by atoms with E-state index in [9.17, 15) is 22.8 Å². The van der Waals surface area contributed by atoms with Gasteiger partial charge in [0.15, 0.2) is 0 Å². The van der Waals surface area contributed by atoms with Crippen LogP contribution in [0.3, 0.4) is 0 Å². The van der Waals surface area contributed by atoms with Gasteiger partial charge in [0.1, 0.15) is 6.04 Å². The fourth-order valence-corrected chi connectivity index (χ4v) is 4.03. The van der Waals surface area contributed by atoms with Crippen LogP contribution in [0.4, 0.5) is 19.1 Å². The van der Waals surface area contributed by atoms with Gasteiger partial charge in [-0.25, -0.2) is 4.98 Å². The number of nitrogens with two attached hydrogens (primary N) is 3. The minimum absolute atomic E-state index is 0.0911. The molecular formula is C28H24F3N5O4. The van der Waals surface area contributed by atoms with Crippen molar-refractivity contribution in [3.63, 3.8) is 0 Å². The van der Waals surface area contributed by atoms with E-state index in [1.807, 2.05) is 0 Å². The van der Waals surface area contributed by atoms with Gasteiger partial charge in [0.05, 0.1) is 5.69 Å². The molecule has 4 rings (SSSR count). The third-order valence-corrected chi connectivity index (χ3v) is 6.00. The SMILES string of the molecule is NC(=O)c1ccc(-c2ccccc2C(Oc2cc(-c3ccc(C[C@H](N)C(=O)O)cc3)nc(N)n2)C(F)(F)F)cc1. The molecule has 0 radical (unpaired) electrons. The summed E-state index contributed by atoms with van der Waals surface area (Å²) in [5.74, 6) is -2.51. The van der Waals surface area contributed by atoms with Gasteiger partial charge in [0.25, 0.3) is 0 Å². The average Bonchev–Trinajstić information content (AvgIpc) is 2.91. The van der Waals surface area contributed by atoms with Crippen LogP contribution in [0, 0.1) is 0 Å². The molecule has 0 spiro atoms. The Balaban J connectivity index is 1.67. The molecule has 1 aromatic heterocycles. The van der Waals surface area contributed by atoms with Crippen molar-refractivity contribution in [3.8, 4) is 28.3 Å². The van der Waals surface area contributed by atoms with Crippen LogP contribution in [0.5, 0.6) is 5.88 Å². The molecule has 3 aromatic carbocycles. The highest BCUT2D eigenvalue weighted by atomic mass is 19.4. The Hall–Kier alpha value is -4.97. The lowest BCUT2D eigenvalue weighted by Gasteiger charge is -2.24. The third kappa shape index (κ3) is 6.53. The lowest BCUT2D eigenvalue weighted by molar-refractivity contribution is -0.198. The third-order valence-electron chi connectivity index (χ3n) is 6.00. The number of nitrogens with zero attached hydrogens (tertiary/aromatic N) is 2. The number of rotatable bonds is 9. The lowest BCUT2D eigenvalue weighted by atomic mass is 9.95. The normalized spacial score (nSPS) is 12.9. The summed E-state index contributed by atoms with van der Waals surface area (Å²) in [5.41, 5.74) is 18.7. The van der Waals surface area contributed by atoms with Crippen LogP contribution < -0.4 is 21.9 Å². The maximum atomic E-state index is 14.4.